The van der Waals surface area contributed by atoms with Crippen molar-refractivity contribution in [2.45, 2.75) is 6.92 Å². The number of aliphatic carboxylic acids is 1. The maximum absolute atomic E-state index is 11.1. The van der Waals surface area contributed by atoms with E-state index in [2.05, 4.69) is 30.6 Å². The molecule has 1 N–H and O–H groups in total. The smallest absolute Gasteiger partial charge is 0.300 e. The molecule has 0 bridgehead atoms. The lowest BCUT2D eigenvalue weighted by molar-refractivity contribution is -0.134. The lowest BCUT2D eigenvalue weighted by atomic mass is 10.3. The molecule has 0 saturated heterocycles. The van der Waals surface area contributed by atoms with E-state index in [1.54, 1.807) is 18.3 Å². The van der Waals surface area contributed by atoms with Gasteiger partial charge in [0.25, 0.3) is 11.9 Å². The molecular weight excluding hydrogens is 236 g/mol. The minimum atomic E-state index is -0.833. The molecule has 0 spiro atoms. The summed E-state index contributed by atoms with van der Waals surface area (Å²) >= 11 is 7.45. The average Bonchev–Trinajstić information content (AvgIpc) is 2.17. The first-order chi connectivity index (χ1) is 6.95. The predicted octanol–water partition coefficient (Wildman–Crippen LogP) is 1.30. The molecule has 0 atom stereocenters. The first kappa shape index (κ1) is 13.8. The van der Waals surface area contributed by atoms with Gasteiger partial charge in [-0.3, -0.25) is 14.6 Å². The second kappa shape index (κ2) is 7.13. The Morgan fingerprint density at radius 2 is 2.00 bits per heavy atom. The number of hydrogen-bond acceptors (Lipinski definition) is 5. The van der Waals surface area contributed by atoms with E-state index in [1.165, 1.54) is 6.20 Å². The van der Waals surface area contributed by atoms with Gasteiger partial charge in [-0.25, -0.2) is 3.71 Å². The number of hydrogen-bond donors (Lipinski definition) is 3. The van der Waals surface area contributed by atoms with Crippen LogP contribution in [-0.2, 0) is 4.79 Å². The standard InChI is InChI=1S/C6H6N2OS2.C2H4O2/c9-6(8(10)11)5-2-1-3-7-4-5;1-2(3)4/h1-4,10-11H;1H3,(H,3,4). The summed E-state index contributed by atoms with van der Waals surface area (Å²) in [6.07, 6.45) is 3.06. The highest BCUT2D eigenvalue weighted by Gasteiger charge is 2.07. The van der Waals surface area contributed by atoms with Crippen molar-refractivity contribution in [1.29, 1.82) is 0 Å². The van der Waals surface area contributed by atoms with E-state index in [1.807, 2.05) is 0 Å². The number of rotatable bonds is 1. The summed E-state index contributed by atoms with van der Waals surface area (Å²) in [5.41, 5.74) is 0.470. The fraction of sp³-hybridized carbons (Fsp3) is 0.125. The van der Waals surface area contributed by atoms with Gasteiger partial charge in [-0.2, -0.15) is 0 Å². The molecule has 7 heteroatoms. The van der Waals surface area contributed by atoms with Crippen LogP contribution in [0.15, 0.2) is 24.5 Å². The Balaban J connectivity index is 0.000000423. The largest absolute Gasteiger partial charge is 0.481 e. The molecule has 0 radical (unpaired) electrons. The molecular formula is C8H10N2O3S2. The Labute approximate surface area is 98.2 Å². The molecule has 0 aliphatic rings. The molecule has 1 amide bonds. The second-order valence-corrected chi connectivity index (χ2v) is 3.47. The maximum atomic E-state index is 11.1. The Kier molecular flexibility index (Phi) is 6.56. The highest BCUT2D eigenvalue weighted by molar-refractivity contribution is 7.94. The van der Waals surface area contributed by atoms with Crippen LogP contribution in [0.2, 0.25) is 0 Å². The highest BCUT2D eigenvalue weighted by atomic mass is 32.2. The van der Waals surface area contributed by atoms with Crippen LogP contribution in [0.25, 0.3) is 0 Å². The van der Waals surface area contributed by atoms with Gasteiger partial charge in [0.2, 0.25) is 0 Å². The van der Waals surface area contributed by atoms with Gasteiger partial charge in [-0.1, -0.05) is 25.6 Å². The van der Waals surface area contributed by atoms with Crippen LogP contribution in [0.1, 0.15) is 17.3 Å². The summed E-state index contributed by atoms with van der Waals surface area (Å²) in [5, 5.41) is 7.42. The maximum Gasteiger partial charge on any atom is 0.300 e. The molecule has 0 fully saturated rings. The molecule has 1 aromatic heterocycles. The van der Waals surface area contributed by atoms with E-state index in [-0.39, 0.29) is 5.91 Å². The number of aromatic nitrogens is 1. The lowest BCUT2D eigenvalue weighted by Gasteiger charge is -2.05. The van der Waals surface area contributed by atoms with Crippen LogP contribution < -0.4 is 0 Å². The van der Waals surface area contributed by atoms with Crippen LogP contribution in [0.4, 0.5) is 0 Å². The molecule has 5 nitrogen and oxygen atoms in total. The molecule has 1 rings (SSSR count). The summed E-state index contributed by atoms with van der Waals surface area (Å²) < 4.78 is 0.914. The number of carbonyl (C=O) groups is 2. The molecule has 1 heterocycles. The molecule has 82 valence electrons. The zero-order chi connectivity index (χ0) is 11.8. The zero-order valence-electron chi connectivity index (χ0n) is 7.86. The normalized spacial score (nSPS) is 8.47. The van der Waals surface area contributed by atoms with Crippen molar-refractivity contribution in [3.8, 4) is 0 Å². The summed E-state index contributed by atoms with van der Waals surface area (Å²) in [6, 6.07) is 3.33. The monoisotopic (exact) mass is 246 g/mol. The SMILES string of the molecule is CC(=O)O.O=C(c1cccnc1)N(S)S. The number of carbonyl (C=O) groups excluding carboxylic acids is 1. The minimum absolute atomic E-state index is 0.287. The van der Waals surface area contributed by atoms with Crippen molar-refractivity contribution in [2.24, 2.45) is 0 Å². The van der Waals surface area contributed by atoms with E-state index in [0.29, 0.717) is 5.56 Å². The van der Waals surface area contributed by atoms with Crippen LogP contribution in [-0.4, -0.2) is 25.7 Å². The fourth-order valence-corrected chi connectivity index (χ4v) is 0.836. The first-order valence-corrected chi connectivity index (χ1v) is 4.57. The Morgan fingerprint density at radius 1 is 1.47 bits per heavy atom. The summed E-state index contributed by atoms with van der Waals surface area (Å²) in [5.74, 6) is -1.12. The van der Waals surface area contributed by atoms with Gasteiger partial charge in [0.15, 0.2) is 0 Å². The third-order valence-corrected chi connectivity index (χ3v) is 1.45. The number of carboxylic acids is 1. The van der Waals surface area contributed by atoms with Crippen molar-refractivity contribution < 1.29 is 14.7 Å². The van der Waals surface area contributed by atoms with Gasteiger partial charge in [0.05, 0.1) is 5.56 Å². The molecule has 0 aliphatic carbocycles. The van der Waals surface area contributed by atoms with Crippen molar-refractivity contribution in [2.75, 3.05) is 0 Å². The number of carboxylic acid groups (broad SMARTS) is 1. The third-order valence-electron chi connectivity index (χ3n) is 1.09. The molecule has 15 heavy (non-hydrogen) atoms. The van der Waals surface area contributed by atoms with Crippen LogP contribution in [0.5, 0.6) is 0 Å². The summed E-state index contributed by atoms with van der Waals surface area (Å²) in [6.45, 7) is 1.08. The third kappa shape index (κ3) is 6.81. The Bertz CT molecular complexity index is 326. The molecule has 0 unspecified atom stereocenters. The van der Waals surface area contributed by atoms with E-state index in [9.17, 15) is 4.79 Å². The molecule has 0 aliphatic heterocycles. The van der Waals surface area contributed by atoms with E-state index in [4.69, 9.17) is 9.90 Å². The van der Waals surface area contributed by atoms with Gasteiger partial charge in [-0.05, 0) is 12.1 Å². The van der Waals surface area contributed by atoms with Gasteiger partial charge in [0, 0.05) is 19.3 Å². The van der Waals surface area contributed by atoms with Crippen LogP contribution >= 0.6 is 25.6 Å². The quantitative estimate of drug-likeness (QED) is 0.653. The van der Waals surface area contributed by atoms with E-state index >= 15 is 0 Å². The van der Waals surface area contributed by atoms with Crippen LogP contribution in [0.3, 0.4) is 0 Å². The summed E-state index contributed by atoms with van der Waals surface area (Å²) in [4.78, 5) is 23.9. The molecule has 0 saturated carbocycles. The van der Waals surface area contributed by atoms with Crippen molar-refractivity contribution in [1.82, 2.24) is 8.69 Å². The topological polar surface area (TPSA) is 70.5 Å². The van der Waals surface area contributed by atoms with Gasteiger partial charge < -0.3 is 5.11 Å². The summed E-state index contributed by atoms with van der Waals surface area (Å²) in [7, 11) is 0. The first-order valence-electron chi connectivity index (χ1n) is 3.77. The number of thiol groups is 2. The number of amides is 1. The minimum Gasteiger partial charge on any atom is -0.481 e. The number of pyridine rings is 1. The average molecular weight is 246 g/mol. The molecule has 1 aromatic rings. The fourth-order valence-electron chi connectivity index (χ4n) is 0.605. The van der Waals surface area contributed by atoms with Crippen molar-refractivity contribution in [3.05, 3.63) is 30.1 Å². The van der Waals surface area contributed by atoms with Gasteiger partial charge in [-0.15, -0.1) is 0 Å². The second-order valence-electron chi connectivity index (χ2n) is 2.36. The molecule has 0 aromatic carbocycles. The Morgan fingerprint density at radius 3 is 2.33 bits per heavy atom. The van der Waals surface area contributed by atoms with Crippen LogP contribution in [0, 0.1) is 0 Å². The van der Waals surface area contributed by atoms with Gasteiger partial charge in [0.1, 0.15) is 0 Å². The highest BCUT2D eigenvalue weighted by Crippen LogP contribution is 2.06. The predicted molar refractivity (Wildman–Crippen MR) is 61.7 cm³/mol. The van der Waals surface area contributed by atoms with E-state index < -0.39 is 5.97 Å². The van der Waals surface area contributed by atoms with Crippen molar-refractivity contribution >= 4 is 37.5 Å². The van der Waals surface area contributed by atoms with Crippen molar-refractivity contribution in [3.63, 3.8) is 0 Å². The number of nitrogens with zero attached hydrogens (tertiary/aromatic N) is 2. The Hall–Kier alpha value is -1.21. The van der Waals surface area contributed by atoms with E-state index in [0.717, 1.165) is 10.6 Å². The van der Waals surface area contributed by atoms with Gasteiger partial charge >= 0.3 is 0 Å². The lowest BCUT2D eigenvalue weighted by Crippen LogP contribution is -2.11. The zero-order valence-corrected chi connectivity index (χ0v) is 9.65.